The topological polar surface area (TPSA) is 93.2 Å². The van der Waals surface area contributed by atoms with E-state index in [0.717, 1.165) is 0 Å². The third-order valence-electron chi connectivity index (χ3n) is 6.74. The number of fused-ring (bicyclic) bond motifs is 1. The van der Waals surface area contributed by atoms with Gasteiger partial charge in [0.05, 0.1) is 17.5 Å². The zero-order valence-corrected chi connectivity index (χ0v) is 18.9. The van der Waals surface area contributed by atoms with Crippen molar-refractivity contribution < 1.29 is 27.5 Å². The molecular weight excluding hydrogens is 420 g/mol. The molecule has 0 radical (unpaired) electrons. The SMILES string of the molecule is CC(C(=O)N(C)C1CCS(=O)(=O)C1)N1CCC(C(=O)c2ccc3c(c2)OCCO3)CC1. The maximum atomic E-state index is 13.0. The van der Waals surface area contributed by atoms with Crippen molar-refractivity contribution in [3.63, 3.8) is 0 Å². The number of likely N-dealkylation sites (N-methyl/N-ethyl adjacent to an activating group) is 1. The van der Waals surface area contributed by atoms with Gasteiger partial charge >= 0.3 is 0 Å². The molecule has 0 saturated carbocycles. The summed E-state index contributed by atoms with van der Waals surface area (Å²) in [5.74, 6) is 1.45. The van der Waals surface area contributed by atoms with Crippen molar-refractivity contribution in [2.45, 2.75) is 38.3 Å². The molecule has 0 aromatic heterocycles. The van der Waals surface area contributed by atoms with Crippen LogP contribution in [-0.2, 0) is 14.6 Å². The van der Waals surface area contributed by atoms with Crippen LogP contribution in [0.4, 0.5) is 0 Å². The van der Waals surface area contributed by atoms with Crippen LogP contribution < -0.4 is 9.47 Å². The summed E-state index contributed by atoms with van der Waals surface area (Å²) in [4.78, 5) is 29.6. The third-order valence-corrected chi connectivity index (χ3v) is 8.49. The number of amides is 1. The predicted molar refractivity (Wildman–Crippen MR) is 115 cm³/mol. The van der Waals surface area contributed by atoms with Crippen LogP contribution in [0.2, 0.25) is 0 Å². The van der Waals surface area contributed by atoms with Crippen LogP contribution in [0.3, 0.4) is 0 Å². The Morgan fingerprint density at radius 1 is 1.10 bits per heavy atom. The van der Waals surface area contributed by atoms with Crippen LogP contribution in [0.15, 0.2) is 18.2 Å². The number of sulfone groups is 1. The number of nitrogens with zero attached hydrogens (tertiary/aromatic N) is 2. The molecule has 0 spiro atoms. The highest BCUT2D eigenvalue weighted by atomic mass is 32.2. The smallest absolute Gasteiger partial charge is 0.239 e. The van der Waals surface area contributed by atoms with Crippen LogP contribution in [-0.4, -0.2) is 86.8 Å². The third kappa shape index (κ3) is 4.72. The minimum Gasteiger partial charge on any atom is -0.486 e. The summed E-state index contributed by atoms with van der Waals surface area (Å²) >= 11 is 0. The molecule has 2 unspecified atom stereocenters. The fraction of sp³-hybridized carbons (Fsp3) is 0.636. The summed E-state index contributed by atoms with van der Waals surface area (Å²) in [6.07, 6.45) is 1.88. The van der Waals surface area contributed by atoms with Crippen LogP contribution >= 0.6 is 0 Å². The van der Waals surface area contributed by atoms with E-state index in [0.29, 0.717) is 62.6 Å². The predicted octanol–water partition coefficient (Wildman–Crippen LogP) is 1.39. The summed E-state index contributed by atoms with van der Waals surface area (Å²) in [5.41, 5.74) is 0.633. The molecule has 31 heavy (non-hydrogen) atoms. The van der Waals surface area contributed by atoms with E-state index in [9.17, 15) is 18.0 Å². The second-order valence-corrected chi connectivity index (χ2v) is 10.9. The lowest BCUT2D eigenvalue weighted by Gasteiger charge is -2.37. The Hall–Kier alpha value is -2.13. The van der Waals surface area contributed by atoms with Gasteiger partial charge in [0.1, 0.15) is 13.2 Å². The fourth-order valence-electron chi connectivity index (χ4n) is 4.69. The zero-order valence-electron chi connectivity index (χ0n) is 18.1. The van der Waals surface area contributed by atoms with Crippen LogP contribution in [0.25, 0.3) is 0 Å². The first-order valence-electron chi connectivity index (χ1n) is 10.9. The number of carbonyl (C=O) groups excluding carboxylic acids is 2. The van der Waals surface area contributed by atoms with Crippen LogP contribution in [0, 0.1) is 5.92 Å². The average molecular weight is 451 g/mol. The lowest BCUT2D eigenvalue weighted by molar-refractivity contribution is -0.137. The molecule has 1 amide bonds. The summed E-state index contributed by atoms with van der Waals surface area (Å²) in [6.45, 7) is 4.18. The number of benzene rings is 1. The van der Waals surface area contributed by atoms with Gasteiger partial charge in [0.2, 0.25) is 5.91 Å². The first kappa shape index (κ1) is 22.1. The monoisotopic (exact) mass is 450 g/mol. The van der Waals surface area contributed by atoms with Gasteiger partial charge in [-0.2, -0.15) is 0 Å². The Kier molecular flexibility index (Phi) is 6.25. The molecular formula is C22H30N2O6S. The Bertz CT molecular complexity index is 955. The van der Waals surface area contributed by atoms with Gasteiger partial charge in [0, 0.05) is 24.6 Å². The molecule has 1 aromatic carbocycles. The van der Waals surface area contributed by atoms with E-state index >= 15 is 0 Å². The van der Waals surface area contributed by atoms with Crippen molar-refractivity contribution in [2.24, 2.45) is 5.92 Å². The molecule has 0 N–H and O–H groups in total. The maximum absolute atomic E-state index is 13.0. The molecule has 0 aliphatic carbocycles. The van der Waals surface area contributed by atoms with E-state index in [2.05, 4.69) is 4.90 Å². The molecule has 3 aliphatic rings. The van der Waals surface area contributed by atoms with Crippen molar-refractivity contribution >= 4 is 21.5 Å². The van der Waals surface area contributed by atoms with E-state index in [1.807, 2.05) is 6.92 Å². The first-order valence-corrected chi connectivity index (χ1v) is 12.7. The second-order valence-electron chi connectivity index (χ2n) is 8.71. The van der Waals surface area contributed by atoms with Gasteiger partial charge in [-0.3, -0.25) is 14.5 Å². The highest BCUT2D eigenvalue weighted by Gasteiger charge is 2.36. The number of Topliss-reactive ketones (excluding diaryl/α,β-unsaturated/α-hetero) is 1. The number of ether oxygens (including phenoxy) is 2. The fourth-order valence-corrected chi connectivity index (χ4v) is 6.47. The van der Waals surface area contributed by atoms with E-state index in [4.69, 9.17) is 9.47 Å². The van der Waals surface area contributed by atoms with Gasteiger partial charge in [-0.05, 0) is 57.5 Å². The Labute approximate surface area is 183 Å². The van der Waals surface area contributed by atoms with Crippen LogP contribution in [0.1, 0.15) is 36.5 Å². The molecule has 170 valence electrons. The second kappa shape index (κ2) is 8.78. The molecule has 2 fully saturated rings. The van der Waals surface area contributed by atoms with E-state index in [1.165, 1.54) is 0 Å². The quantitative estimate of drug-likeness (QED) is 0.626. The Morgan fingerprint density at radius 2 is 1.77 bits per heavy atom. The molecule has 9 heteroatoms. The highest BCUT2D eigenvalue weighted by molar-refractivity contribution is 7.91. The summed E-state index contributed by atoms with van der Waals surface area (Å²) in [7, 11) is -1.34. The number of piperidine rings is 1. The molecule has 2 saturated heterocycles. The highest BCUT2D eigenvalue weighted by Crippen LogP contribution is 2.33. The van der Waals surface area contributed by atoms with Crippen LogP contribution in [0.5, 0.6) is 11.5 Å². The zero-order chi connectivity index (χ0) is 22.2. The minimum absolute atomic E-state index is 0.0497. The summed E-state index contributed by atoms with van der Waals surface area (Å²) in [6, 6.07) is 4.77. The standard InChI is InChI=1S/C22H30N2O6S/c1-15(22(26)23(2)18-7-12-31(27,28)14-18)24-8-5-16(6-9-24)21(25)17-3-4-19-20(13-17)30-11-10-29-19/h3-4,13,15-16,18H,5-12,14H2,1-2H3. The summed E-state index contributed by atoms with van der Waals surface area (Å²) in [5, 5.41) is 0. The molecule has 2 atom stereocenters. The van der Waals surface area contributed by atoms with Gasteiger partial charge in [-0.25, -0.2) is 8.42 Å². The van der Waals surface area contributed by atoms with Gasteiger partial charge in [-0.1, -0.05) is 0 Å². The summed E-state index contributed by atoms with van der Waals surface area (Å²) < 4.78 is 34.6. The largest absolute Gasteiger partial charge is 0.486 e. The molecule has 4 rings (SSSR count). The van der Waals surface area contributed by atoms with Gasteiger partial charge in [0.25, 0.3) is 0 Å². The molecule has 1 aromatic rings. The van der Waals surface area contributed by atoms with Gasteiger partial charge in [0.15, 0.2) is 27.1 Å². The maximum Gasteiger partial charge on any atom is 0.239 e. The molecule has 3 aliphatic heterocycles. The Balaban J connectivity index is 1.32. The lowest BCUT2D eigenvalue weighted by Crippen LogP contribution is -2.51. The number of ketones is 1. The average Bonchev–Trinajstić information content (AvgIpc) is 3.16. The van der Waals surface area contributed by atoms with Crippen molar-refractivity contribution in [3.8, 4) is 11.5 Å². The molecule has 3 heterocycles. The van der Waals surface area contributed by atoms with Crippen molar-refractivity contribution in [2.75, 3.05) is 44.9 Å². The van der Waals surface area contributed by atoms with E-state index in [-0.39, 0.29) is 41.2 Å². The first-order chi connectivity index (χ1) is 14.7. The van der Waals surface area contributed by atoms with Crippen molar-refractivity contribution in [1.29, 1.82) is 0 Å². The number of hydrogen-bond acceptors (Lipinski definition) is 7. The van der Waals surface area contributed by atoms with Crippen molar-refractivity contribution in [1.82, 2.24) is 9.80 Å². The van der Waals surface area contributed by atoms with Crippen molar-refractivity contribution in [3.05, 3.63) is 23.8 Å². The number of carbonyl (C=O) groups is 2. The molecule has 8 nitrogen and oxygen atoms in total. The number of rotatable bonds is 5. The lowest BCUT2D eigenvalue weighted by atomic mass is 9.88. The van der Waals surface area contributed by atoms with E-state index in [1.54, 1.807) is 30.1 Å². The number of likely N-dealkylation sites (tertiary alicyclic amines) is 1. The molecule has 0 bridgehead atoms. The van der Waals surface area contributed by atoms with Gasteiger partial charge in [-0.15, -0.1) is 0 Å². The van der Waals surface area contributed by atoms with E-state index < -0.39 is 9.84 Å². The Morgan fingerprint density at radius 3 is 2.42 bits per heavy atom. The minimum atomic E-state index is -3.04. The van der Waals surface area contributed by atoms with Gasteiger partial charge < -0.3 is 14.4 Å². The number of hydrogen-bond donors (Lipinski definition) is 0. The normalized spacial score (nSPS) is 24.5.